The quantitative estimate of drug-likeness (QED) is 0.643. The van der Waals surface area contributed by atoms with Gasteiger partial charge >= 0.3 is 0 Å². The van der Waals surface area contributed by atoms with Gasteiger partial charge in [-0.1, -0.05) is 6.42 Å². The highest BCUT2D eigenvalue weighted by Crippen LogP contribution is 2.29. The molecule has 0 saturated heterocycles. The third-order valence-electron chi connectivity index (χ3n) is 2.43. The van der Waals surface area contributed by atoms with E-state index in [0.29, 0.717) is 6.10 Å². The molecule has 0 bridgehead atoms. The summed E-state index contributed by atoms with van der Waals surface area (Å²) in [5.74, 6) is 0.745. The van der Waals surface area contributed by atoms with Crippen LogP contribution in [0.15, 0.2) is 0 Å². The lowest BCUT2D eigenvalue weighted by Gasteiger charge is -2.16. The van der Waals surface area contributed by atoms with Crippen molar-refractivity contribution in [3.05, 3.63) is 0 Å². The van der Waals surface area contributed by atoms with Crippen LogP contribution in [-0.2, 0) is 4.74 Å². The van der Waals surface area contributed by atoms with Gasteiger partial charge in [0.25, 0.3) is 0 Å². The molecule has 60 valence electrons. The first-order chi connectivity index (χ1) is 4.88. The number of ether oxygens (including phenoxy) is 1. The zero-order valence-electron chi connectivity index (χ0n) is 6.68. The van der Waals surface area contributed by atoms with Crippen molar-refractivity contribution < 1.29 is 4.74 Å². The number of rotatable bonds is 3. The van der Waals surface area contributed by atoms with Crippen LogP contribution in [-0.4, -0.2) is 19.8 Å². The topological polar surface area (TPSA) is 35.2 Å². The fourth-order valence-electron chi connectivity index (χ4n) is 1.86. The second-order valence-corrected chi connectivity index (χ2v) is 3.04. The minimum atomic E-state index is 0.503. The minimum absolute atomic E-state index is 0.503. The lowest BCUT2D eigenvalue weighted by Crippen LogP contribution is -2.19. The first-order valence-electron chi connectivity index (χ1n) is 4.11. The Kier molecular flexibility index (Phi) is 3.16. The van der Waals surface area contributed by atoms with E-state index in [2.05, 4.69) is 0 Å². The van der Waals surface area contributed by atoms with E-state index in [4.69, 9.17) is 10.5 Å². The van der Waals surface area contributed by atoms with E-state index < -0.39 is 0 Å². The van der Waals surface area contributed by atoms with E-state index in [1.54, 1.807) is 7.11 Å². The van der Waals surface area contributed by atoms with E-state index in [9.17, 15) is 0 Å². The monoisotopic (exact) mass is 143 g/mol. The van der Waals surface area contributed by atoms with Gasteiger partial charge in [-0.3, -0.25) is 0 Å². The minimum Gasteiger partial charge on any atom is -0.381 e. The van der Waals surface area contributed by atoms with Gasteiger partial charge in [0.1, 0.15) is 0 Å². The third kappa shape index (κ3) is 1.70. The molecular formula is C8H17NO. The summed E-state index contributed by atoms with van der Waals surface area (Å²) in [6, 6.07) is 0. The molecule has 1 saturated carbocycles. The van der Waals surface area contributed by atoms with Crippen molar-refractivity contribution in [2.45, 2.75) is 31.8 Å². The first kappa shape index (κ1) is 8.02. The number of hydrogen-bond acceptors (Lipinski definition) is 2. The van der Waals surface area contributed by atoms with E-state index in [-0.39, 0.29) is 0 Å². The molecule has 2 unspecified atom stereocenters. The highest BCUT2D eigenvalue weighted by Gasteiger charge is 2.25. The summed E-state index contributed by atoms with van der Waals surface area (Å²) in [5.41, 5.74) is 5.47. The highest BCUT2D eigenvalue weighted by atomic mass is 16.5. The predicted molar refractivity (Wildman–Crippen MR) is 41.8 cm³/mol. The molecule has 0 aromatic heterocycles. The van der Waals surface area contributed by atoms with Gasteiger partial charge in [0, 0.05) is 7.11 Å². The molecule has 2 N–H and O–H groups in total. The molecular weight excluding hydrogens is 126 g/mol. The van der Waals surface area contributed by atoms with Crippen molar-refractivity contribution in [3.63, 3.8) is 0 Å². The molecule has 1 rings (SSSR count). The average Bonchev–Trinajstić information content (AvgIpc) is 2.36. The van der Waals surface area contributed by atoms with Crippen molar-refractivity contribution in [1.29, 1.82) is 0 Å². The Morgan fingerprint density at radius 2 is 2.30 bits per heavy atom. The van der Waals surface area contributed by atoms with Crippen LogP contribution < -0.4 is 5.73 Å². The van der Waals surface area contributed by atoms with E-state index in [1.807, 2.05) is 0 Å². The highest BCUT2D eigenvalue weighted by molar-refractivity contribution is 4.77. The second kappa shape index (κ2) is 3.94. The molecule has 2 atom stereocenters. The SMILES string of the molecule is COC1CCCC1CCN. The number of methoxy groups -OCH3 is 1. The molecule has 1 aliphatic rings. The Morgan fingerprint density at radius 1 is 1.50 bits per heavy atom. The summed E-state index contributed by atoms with van der Waals surface area (Å²) < 4.78 is 5.32. The molecule has 0 spiro atoms. The van der Waals surface area contributed by atoms with Crippen LogP contribution in [0.1, 0.15) is 25.7 Å². The van der Waals surface area contributed by atoms with Crippen LogP contribution in [0, 0.1) is 5.92 Å². The number of nitrogens with two attached hydrogens (primary N) is 1. The molecule has 0 radical (unpaired) electrons. The van der Waals surface area contributed by atoms with Gasteiger partial charge in [0.05, 0.1) is 6.10 Å². The summed E-state index contributed by atoms with van der Waals surface area (Å²) in [5, 5.41) is 0. The van der Waals surface area contributed by atoms with Gasteiger partial charge < -0.3 is 10.5 Å². The van der Waals surface area contributed by atoms with Crippen LogP contribution in [0.2, 0.25) is 0 Å². The van der Waals surface area contributed by atoms with Gasteiger partial charge in [0.15, 0.2) is 0 Å². The van der Waals surface area contributed by atoms with Gasteiger partial charge in [0.2, 0.25) is 0 Å². The molecule has 10 heavy (non-hydrogen) atoms. The lowest BCUT2D eigenvalue weighted by molar-refractivity contribution is 0.0690. The average molecular weight is 143 g/mol. The van der Waals surface area contributed by atoms with Crippen LogP contribution in [0.5, 0.6) is 0 Å². The maximum absolute atomic E-state index is 5.47. The zero-order chi connectivity index (χ0) is 7.40. The zero-order valence-corrected chi connectivity index (χ0v) is 6.68. The largest absolute Gasteiger partial charge is 0.381 e. The normalized spacial score (nSPS) is 33.0. The van der Waals surface area contributed by atoms with Crippen LogP contribution in [0.3, 0.4) is 0 Å². The molecule has 0 aliphatic heterocycles. The fourth-order valence-corrected chi connectivity index (χ4v) is 1.86. The summed E-state index contributed by atoms with van der Waals surface area (Å²) in [4.78, 5) is 0. The Balaban J connectivity index is 2.27. The Labute approximate surface area is 62.7 Å². The van der Waals surface area contributed by atoms with E-state index in [0.717, 1.165) is 18.9 Å². The van der Waals surface area contributed by atoms with Crippen molar-refractivity contribution in [1.82, 2.24) is 0 Å². The molecule has 1 aliphatic carbocycles. The standard InChI is InChI=1S/C8H17NO/c1-10-8-4-2-3-7(8)5-6-9/h7-8H,2-6,9H2,1H3. The smallest absolute Gasteiger partial charge is 0.0600 e. The molecule has 2 nitrogen and oxygen atoms in total. The van der Waals surface area contributed by atoms with Gasteiger partial charge in [-0.15, -0.1) is 0 Å². The van der Waals surface area contributed by atoms with Gasteiger partial charge in [-0.2, -0.15) is 0 Å². The van der Waals surface area contributed by atoms with Crippen LogP contribution >= 0.6 is 0 Å². The van der Waals surface area contributed by atoms with Crippen LogP contribution in [0.4, 0.5) is 0 Å². The van der Waals surface area contributed by atoms with Crippen molar-refractivity contribution in [2.75, 3.05) is 13.7 Å². The van der Waals surface area contributed by atoms with Crippen molar-refractivity contribution in [3.8, 4) is 0 Å². The summed E-state index contributed by atoms with van der Waals surface area (Å²) in [6.45, 7) is 0.810. The summed E-state index contributed by atoms with van der Waals surface area (Å²) in [6.07, 6.45) is 5.52. The summed E-state index contributed by atoms with van der Waals surface area (Å²) >= 11 is 0. The second-order valence-electron chi connectivity index (χ2n) is 3.04. The molecule has 0 heterocycles. The molecule has 0 aromatic carbocycles. The summed E-state index contributed by atoms with van der Waals surface area (Å²) in [7, 11) is 1.81. The van der Waals surface area contributed by atoms with Gasteiger partial charge in [-0.05, 0) is 31.7 Å². The lowest BCUT2D eigenvalue weighted by atomic mass is 10.0. The van der Waals surface area contributed by atoms with Gasteiger partial charge in [-0.25, -0.2) is 0 Å². The Hall–Kier alpha value is -0.0800. The maximum Gasteiger partial charge on any atom is 0.0600 e. The number of hydrogen-bond donors (Lipinski definition) is 1. The van der Waals surface area contributed by atoms with Crippen molar-refractivity contribution in [2.24, 2.45) is 11.7 Å². The maximum atomic E-state index is 5.47. The van der Waals surface area contributed by atoms with E-state index >= 15 is 0 Å². The molecule has 0 amide bonds. The van der Waals surface area contributed by atoms with E-state index in [1.165, 1.54) is 19.3 Å². The first-order valence-corrected chi connectivity index (χ1v) is 4.11. The predicted octanol–water partition coefficient (Wildman–Crippen LogP) is 1.15. The molecule has 1 fully saturated rings. The molecule has 2 heteroatoms. The Morgan fingerprint density at radius 3 is 2.90 bits per heavy atom. The third-order valence-corrected chi connectivity index (χ3v) is 2.43. The van der Waals surface area contributed by atoms with Crippen molar-refractivity contribution >= 4 is 0 Å². The van der Waals surface area contributed by atoms with Crippen LogP contribution in [0.25, 0.3) is 0 Å². The molecule has 0 aromatic rings. The fraction of sp³-hybridized carbons (Fsp3) is 1.00. The Bertz CT molecular complexity index is 95.3.